The van der Waals surface area contributed by atoms with E-state index in [-0.39, 0.29) is 18.1 Å². The predicted molar refractivity (Wildman–Crippen MR) is 121 cm³/mol. The molecule has 170 valence electrons. The van der Waals surface area contributed by atoms with Gasteiger partial charge in [0.1, 0.15) is 16.0 Å². The number of halogens is 1. The molecule has 0 radical (unpaired) electrons. The van der Waals surface area contributed by atoms with Gasteiger partial charge in [-0.3, -0.25) is 4.90 Å². The van der Waals surface area contributed by atoms with Crippen LogP contribution in [0.15, 0.2) is 16.6 Å². The molecule has 10 heteroatoms. The second-order valence-electron chi connectivity index (χ2n) is 7.10. The topological polar surface area (TPSA) is 90.9 Å². The van der Waals surface area contributed by atoms with Gasteiger partial charge in [0.15, 0.2) is 0 Å². The summed E-state index contributed by atoms with van der Waals surface area (Å²) in [4.78, 5) is 15.0. The van der Waals surface area contributed by atoms with Crippen LogP contribution in [-0.2, 0) is 6.54 Å². The second-order valence-corrected chi connectivity index (χ2v) is 7.89. The molecule has 31 heavy (non-hydrogen) atoms. The molecule has 1 aliphatic rings. The van der Waals surface area contributed by atoms with Gasteiger partial charge in [0, 0.05) is 25.7 Å². The van der Waals surface area contributed by atoms with Crippen molar-refractivity contribution >= 4 is 21.9 Å². The zero-order valence-corrected chi connectivity index (χ0v) is 20.1. The number of anilines is 1. The van der Waals surface area contributed by atoms with Crippen LogP contribution in [0.2, 0.25) is 0 Å². The highest BCUT2D eigenvalue weighted by Gasteiger charge is 2.22. The molecule has 1 aromatic carbocycles. The van der Waals surface area contributed by atoms with Gasteiger partial charge < -0.3 is 24.3 Å². The number of rotatable bonds is 10. The zero-order valence-electron chi connectivity index (χ0n) is 18.5. The maximum Gasteiger partial charge on any atom is 0.324 e. The minimum Gasteiger partial charge on any atom is -0.493 e. The molecule has 1 saturated heterocycles. The summed E-state index contributed by atoms with van der Waals surface area (Å²) in [5.74, 6) is 2.10. The van der Waals surface area contributed by atoms with E-state index in [1.54, 1.807) is 0 Å². The van der Waals surface area contributed by atoms with E-state index < -0.39 is 0 Å². The number of ether oxygens (including phenoxy) is 4. The monoisotopic (exact) mass is 495 g/mol. The minimum absolute atomic E-state index is 0.234. The molecule has 0 unspecified atom stereocenters. The number of methoxy groups -OCH3 is 2. The average Bonchev–Trinajstić information content (AvgIpc) is 2.78. The lowest BCUT2D eigenvalue weighted by Crippen LogP contribution is -2.39. The maximum atomic E-state index is 5.78. The summed E-state index contributed by atoms with van der Waals surface area (Å²) in [6.45, 7) is 7.94. The molecule has 0 spiro atoms. The smallest absolute Gasteiger partial charge is 0.324 e. The molecule has 9 nitrogen and oxygen atoms in total. The van der Waals surface area contributed by atoms with Gasteiger partial charge in [-0.1, -0.05) is 0 Å². The fourth-order valence-electron chi connectivity index (χ4n) is 3.50. The van der Waals surface area contributed by atoms with Crippen LogP contribution < -0.4 is 24.3 Å². The molecule has 1 aliphatic heterocycles. The van der Waals surface area contributed by atoms with Gasteiger partial charge in [-0.15, -0.1) is 4.98 Å². The van der Waals surface area contributed by atoms with Crippen molar-refractivity contribution in [3.63, 3.8) is 0 Å². The number of piperidine rings is 1. The summed E-state index contributed by atoms with van der Waals surface area (Å²) in [5, 5.41) is 3.38. The summed E-state index contributed by atoms with van der Waals surface area (Å²) in [6.07, 6.45) is 1.95. The molecule has 1 N–H and O–H groups in total. The van der Waals surface area contributed by atoms with Crippen molar-refractivity contribution in [1.29, 1.82) is 0 Å². The van der Waals surface area contributed by atoms with Crippen LogP contribution >= 0.6 is 15.9 Å². The van der Waals surface area contributed by atoms with Crippen LogP contribution in [0.3, 0.4) is 0 Å². The van der Waals surface area contributed by atoms with Gasteiger partial charge in [-0.25, -0.2) is 0 Å². The molecular weight excluding hydrogens is 466 g/mol. The van der Waals surface area contributed by atoms with Gasteiger partial charge in [0.25, 0.3) is 0 Å². The van der Waals surface area contributed by atoms with E-state index >= 15 is 0 Å². The Morgan fingerprint density at radius 2 is 1.52 bits per heavy atom. The summed E-state index contributed by atoms with van der Waals surface area (Å²) in [6, 6.07) is 4.92. The normalized spacial score (nSPS) is 14.9. The summed E-state index contributed by atoms with van der Waals surface area (Å²) >= 11 is 3.60. The largest absolute Gasteiger partial charge is 0.493 e. The lowest BCUT2D eigenvalue weighted by atomic mass is 10.0. The number of nitrogens with zero attached hydrogens (tertiary/aromatic N) is 4. The van der Waals surface area contributed by atoms with Crippen LogP contribution in [0.1, 0.15) is 32.3 Å². The Morgan fingerprint density at radius 3 is 2.00 bits per heavy atom. The van der Waals surface area contributed by atoms with E-state index in [1.165, 1.54) is 19.8 Å². The SMILES string of the molecule is CCOc1cc(CN2CCC(Nc3nc(OC)nc(OC)n3)CC2)cc(OCC)c1Br. The summed E-state index contributed by atoms with van der Waals surface area (Å²) in [5.41, 5.74) is 1.17. The Labute approximate surface area is 191 Å². The van der Waals surface area contributed by atoms with E-state index in [0.29, 0.717) is 19.2 Å². The third kappa shape index (κ3) is 6.33. The zero-order chi connectivity index (χ0) is 22.2. The highest BCUT2D eigenvalue weighted by molar-refractivity contribution is 9.10. The van der Waals surface area contributed by atoms with Crippen molar-refractivity contribution < 1.29 is 18.9 Å². The second kappa shape index (κ2) is 11.3. The molecule has 3 rings (SSSR count). The molecule has 0 bridgehead atoms. The fourth-order valence-corrected chi connectivity index (χ4v) is 3.96. The summed E-state index contributed by atoms with van der Waals surface area (Å²) < 4.78 is 22.7. The van der Waals surface area contributed by atoms with E-state index in [1.807, 2.05) is 13.8 Å². The average molecular weight is 496 g/mol. The quantitative estimate of drug-likeness (QED) is 0.531. The highest BCUT2D eigenvalue weighted by atomic mass is 79.9. The maximum absolute atomic E-state index is 5.78. The Bertz CT molecular complexity index is 812. The van der Waals surface area contributed by atoms with Gasteiger partial charge in [-0.2, -0.15) is 9.97 Å². The van der Waals surface area contributed by atoms with Crippen molar-refractivity contribution in [3.05, 3.63) is 22.2 Å². The van der Waals surface area contributed by atoms with Crippen molar-refractivity contribution in [2.75, 3.05) is 45.8 Å². The van der Waals surface area contributed by atoms with Crippen LogP contribution in [0.4, 0.5) is 5.95 Å². The van der Waals surface area contributed by atoms with E-state index in [0.717, 1.165) is 48.4 Å². The third-order valence-corrected chi connectivity index (χ3v) is 5.73. The summed E-state index contributed by atoms with van der Waals surface area (Å²) in [7, 11) is 3.04. The molecule has 0 amide bonds. The van der Waals surface area contributed by atoms with Crippen molar-refractivity contribution in [2.24, 2.45) is 0 Å². The molecule has 2 aromatic rings. The van der Waals surface area contributed by atoms with Crippen LogP contribution in [0, 0.1) is 0 Å². The van der Waals surface area contributed by atoms with Crippen molar-refractivity contribution in [3.8, 4) is 23.5 Å². The Morgan fingerprint density at radius 1 is 0.968 bits per heavy atom. The first-order valence-corrected chi connectivity index (χ1v) is 11.3. The molecule has 2 heterocycles. The van der Waals surface area contributed by atoms with Gasteiger partial charge in [0.2, 0.25) is 5.95 Å². The number of hydrogen-bond acceptors (Lipinski definition) is 9. The van der Waals surface area contributed by atoms with Gasteiger partial charge in [0.05, 0.1) is 27.4 Å². The lowest BCUT2D eigenvalue weighted by molar-refractivity contribution is 0.210. The fraction of sp³-hybridized carbons (Fsp3) is 0.571. The molecule has 1 fully saturated rings. The Hall–Kier alpha value is -2.33. The van der Waals surface area contributed by atoms with Crippen LogP contribution in [0.25, 0.3) is 0 Å². The Kier molecular flexibility index (Phi) is 8.53. The van der Waals surface area contributed by atoms with Crippen LogP contribution in [-0.4, -0.2) is 66.4 Å². The number of benzene rings is 1. The molecule has 0 saturated carbocycles. The highest BCUT2D eigenvalue weighted by Crippen LogP contribution is 2.36. The predicted octanol–water partition coefficient (Wildman–Crippen LogP) is 3.53. The minimum atomic E-state index is 0.234. The number of hydrogen-bond donors (Lipinski definition) is 1. The van der Waals surface area contributed by atoms with E-state index in [2.05, 4.69) is 53.2 Å². The molecule has 1 aromatic heterocycles. The van der Waals surface area contributed by atoms with Crippen LogP contribution in [0.5, 0.6) is 23.5 Å². The van der Waals surface area contributed by atoms with E-state index in [9.17, 15) is 0 Å². The Balaban J connectivity index is 1.60. The van der Waals surface area contributed by atoms with Gasteiger partial charge >= 0.3 is 12.0 Å². The van der Waals surface area contributed by atoms with Crippen molar-refractivity contribution in [1.82, 2.24) is 19.9 Å². The van der Waals surface area contributed by atoms with Crippen molar-refractivity contribution in [2.45, 2.75) is 39.3 Å². The number of likely N-dealkylation sites (tertiary alicyclic amines) is 1. The standard InChI is InChI=1S/C21H30BrN5O4/c1-5-30-16-11-14(12-17(18(16)22)31-6-2)13-27-9-7-15(8-10-27)23-19-24-20(28-3)26-21(25-19)29-4/h11-12,15H,5-10,13H2,1-4H3,(H,23,24,25,26). The molecule has 0 atom stereocenters. The first-order valence-electron chi connectivity index (χ1n) is 10.5. The van der Waals surface area contributed by atoms with Gasteiger partial charge in [-0.05, 0) is 60.3 Å². The third-order valence-electron chi connectivity index (χ3n) is 4.95. The number of nitrogens with one attached hydrogen (secondary N) is 1. The van der Waals surface area contributed by atoms with E-state index in [4.69, 9.17) is 18.9 Å². The lowest BCUT2D eigenvalue weighted by Gasteiger charge is -2.32. The first kappa shape index (κ1) is 23.3. The first-order chi connectivity index (χ1) is 15.1. The molecule has 0 aliphatic carbocycles. The molecular formula is C21H30BrN5O4. The number of aromatic nitrogens is 3.